The molecule has 2 rings (SSSR count). The molecule has 1 heterocycles. The van der Waals surface area contributed by atoms with Crippen LogP contribution < -0.4 is 5.32 Å². The lowest BCUT2D eigenvalue weighted by atomic mass is 10.0. The van der Waals surface area contributed by atoms with Gasteiger partial charge in [0, 0.05) is 5.92 Å². The summed E-state index contributed by atoms with van der Waals surface area (Å²) < 4.78 is 24.0. The molecule has 0 saturated carbocycles. The first-order chi connectivity index (χ1) is 8.95. The van der Waals surface area contributed by atoms with Crippen molar-refractivity contribution in [1.82, 2.24) is 5.32 Å². The number of hydrogen-bond acceptors (Lipinski definition) is 3. The van der Waals surface area contributed by atoms with Crippen molar-refractivity contribution in [2.75, 3.05) is 5.75 Å². The third kappa shape index (κ3) is 2.81. The Labute approximate surface area is 114 Å². The molecule has 5 heteroatoms. The second-order valence-electron chi connectivity index (χ2n) is 5.02. The van der Waals surface area contributed by atoms with Crippen molar-refractivity contribution in [3.05, 3.63) is 29.8 Å². The fraction of sp³-hybridized carbons (Fsp3) is 0.500. The van der Waals surface area contributed by atoms with Crippen molar-refractivity contribution in [3.63, 3.8) is 0 Å². The molecule has 0 fully saturated rings. The van der Waals surface area contributed by atoms with Crippen molar-refractivity contribution in [2.45, 2.75) is 37.6 Å². The minimum atomic E-state index is -3.19. The van der Waals surface area contributed by atoms with E-state index >= 15 is 0 Å². The molecule has 19 heavy (non-hydrogen) atoms. The second-order valence-corrected chi connectivity index (χ2v) is 7.09. The third-order valence-electron chi connectivity index (χ3n) is 3.68. The van der Waals surface area contributed by atoms with E-state index in [-0.39, 0.29) is 23.6 Å². The van der Waals surface area contributed by atoms with Gasteiger partial charge in [-0.15, -0.1) is 0 Å². The lowest BCUT2D eigenvalue weighted by Gasteiger charge is -2.27. The van der Waals surface area contributed by atoms with Crippen LogP contribution in [0.2, 0.25) is 0 Å². The van der Waals surface area contributed by atoms with Gasteiger partial charge in [-0.2, -0.15) is 0 Å². The Morgan fingerprint density at radius 3 is 2.79 bits per heavy atom. The molecule has 0 aromatic heterocycles. The quantitative estimate of drug-likeness (QED) is 0.922. The summed E-state index contributed by atoms with van der Waals surface area (Å²) in [5.41, 5.74) is 0.713. The second kappa shape index (κ2) is 5.33. The van der Waals surface area contributed by atoms with Gasteiger partial charge < -0.3 is 5.32 Å². The van der Waals surface area contributed by atoms with Crippen LogP contribution >= 0.6 is 0 Å². The van der Waals surface area contributed by atoms with Gasteiger partial charge in [0.15, 0.2) is 9.84 Å². The molecule has 104 valence electrons. The normalized spacial score (nSPS) is 22.3. The topological polar surface area (TPSA) is 63.2 Å². The highest BCUT2D eigenvalue weighted by atomic mass is 32.2. The number of fused-ring (bicyclic) bond motifs is 1. The SMILES string of the molecule is CC[C@@H](C)C(=O)N[C@H]1CCS(=O)(=O)c2ccccc21. The molecule has 0 aliphatic carbocycles. The van der Waals surface area contributed by atoms with Crippen LogP contribution in [0.1, 0.15) is 38.3 Å². The number of benzene rings is 1. The first kappa shape index (κ1) is 14.1. The molecular weight excluding hydrogens is 262 g/mol. The average Bonchev–Trinajstić information content (AvgIpc) is 2.41. The molecule has 0 radical (unpaired) electrons. The smallest absolute Gasteiger partial charge is 0.223 e. The lowest BCUT2D eigenvalue weighted by Crippen LogP contribution is -2.36. The molecule has 1 N–H and O–H groups in total. The molecule has 2 atom stereocenters. The van der Waals surface area contributed by atoms with E-state index in [1.54, 1.807) is 18.2 Å². The molecular formula is C14H19NO3S. The highest BCUT2D eigenvalue weighted by molar-refractivity contribution is 7.91. The highest BCUT2D eigenvalue weighted by Crippen LogP contribution is 2.32. The van der Waals surface area contributed by atoms with E-state index in [0.717, 1.165) is 6.42 Å². The summed E-state index contributed by atoms with van der Waals surface area (Å²) in [6.07, 6.45) is 1.22. The van der Waals surface area contributed by atoms with Gasteiger partial charge in [0.2, 0.25) is 5.91 Å². The fourth-order valence-electron chi connectivity index (χ4n) is 2.24. The van der Waals surface area contributed by atoms with Gasteiger partial charge in [-0.05, 0) is 24.5 Å². The number of carbonyl (C=O) groups excluding carboxylic acids is 1. The number of nitrogens with one attached hydrogen (secondary N) is 1. The Morgan fingerprint density at radius 2 is 2.11 bits per heavy atom. The molecule has 1 aliphatic rings. The van der Waals surface area contributed by atoms with Crippen molar-refractivity contribution >= 4 is 15.7 Å². The number of carbonyl (C=O) groups is 1. The van der Waals surface area contributed by atoms with E-state index in [2.05, 4.69) is 5.32 Å². The molecule has 1 amide bonds. The standard InChI is InChI=1S/C14H19NO3S/c1-3-10(2)14(16)15-12-8-9-19(17,18)13-7-5-4-6-11(12)13/h4-7,10,12H,3,8-9H2,1-2H3,(H,15,16)/t10-,12+/m1/s1. The summed E-state index contributed by atoms with van der Waals surface area (Å²) in [5, 5.41) is 2.96. The summed E-state index contributed by atoms with van der Waals surface area (Å²) >= 11 is 0. The van der Waals surface area contributed by atoms with E-state index in [1.165, 1.54) is 0 Å². The summed E-state index contributed by atoms with van der Waals surface area (Å²) in [6, 6.07) is 6.73. The van der Waals surface area contributed by atoms with Gasteiger partial charge in [0.05, 0.1) is 16.7 Å². The Bertz CT molecular complexity index is 580. The summed E-state index contributed by atoms with van der Waals surface area (Å²) in [7, 11) is -3.19. The van der Waals surface area contributed by atoms with Gasteiger partial charge in [-0.25, -0.2) is 8.42 Å². The minimum Gasteiger partial charge on any atom is -0.349 e. The van der Waals surface area contributed by atoms with Gasteiger partial charge >= 0.3 is 0 Å². The first-order valence-electron chi connectivity index (χ1n) is 6.57. The zero-order chi connectivity index (χ0) is 14.0. The largest absolute Gasteiger partial charge is 0.349 e. The highest BCUT2D eigenvalue weighted by Gasteiger charge is 2.31. The number of hydrogen-bond donors (Lipinski definition) is 1. The molecule has 1 aromatic rings. The zero-order valence-corrected chi connectivity index (χ0v) is 12.0. The van der Waals surface area contributed by atoms with Crippen molar-refractivity contribution in [2.24, 2.45) is 5.92 Å². The van der Waals surface area contributed by atoms with Crippen molar-refractivity contribution < 1.29 is 13.2 Å². The van der Waals surface area contributed by atoms with Crippen LogP contribution in [0.5, 0.6) is 0 Å². The van der Waals surface area contributed by atoms with Crippen LogP contribution in [0.15, 0.2) is 29.2 Å². The third-order valence-corrected chi connectivity index (χ3v) is 5.50. The number of amides is 1. The fourth-order valence-corrected chi connectivity index (χ4v) is 3.86. The zero-order valence-electron chi connectivity index (χ0n) is 11.2. The Morgan fingerprint density at radius 1 is 1.42 bits per heavy atom. The number of rotatable bonds is 3. The first-order valence-corrected chi connectivity index (χ1v) is 8.23. The summed E-state index contributed by atoms with van der Waals surface area (Å²) in [4.78, 5) is 12.3. The number of sulfone groups is 1. The van der Waals surface area contributed by atoms with Crippen molar-refractivity contribution in [1.29, 1.82) is 0 Å². The van der Waals surface area contributed by atoms with Crippen LogP contribution in [-0.4, -0.2) is 20.1 Å². The molecule has 1 aliphatic heterocycles. The molecule has 1 aromatic carbocycles. The maximum Gasteiger partial charge on any atom is 0.223 e. The maximum absolute atomic E-state index is 12.0. The molecule has 4 nitrogen and oxygen atoms in total. The monoisotopic (exact) mass is 281 g/mol. The predicted octanol–water partition coefficient (Wildman–Crippen LogP) is 2.07. The van der Waals surface area contributed by atoms with Crippen LogP contribution in [0.3, 0.4) is 0 Å². The van der Waals surface area contributed by atoms with Gasteiger partial charge in [0.1, 0.15) is 0 Å². The Balaban J connectivity index is 2.28. The van der Waals surface area contributed by atoms with Gasteiger partial charge in [0.25, 0.3) is 0 Å². The minimum absolute atomic E-state index is 0.0124. The van der Waals surface area contributed by atoms with E-state index in [9.17, 15) is 13.2 Å². The van der Waals surface area contributed by atoms with Crippen LogP contribution in [0.4, 0.5) is 0 Å². The van der Waals surface area contributed by atoms with Crippen molar-refractivity contribution in [3.8, 4) is 0 Å². The average molecular weight is 281 g/mol. The van der Waals surface area contributed by atoms with E-state index in [0.29, 0.717) is 16.9 Å². The van der Waals surface area contributed by atoms with Crippen LogP contribution in [-0.2, 0) is 14.6 Å². The van der Waals surface area contributed by atoms with Crippen LogP contribution in [0.25, 0.3) is 0 Å². The van der Waals surface area contributed by atoms with E-state index in [4.69, 9.17) is 0 Å². The van der Waals surface area contributed by atoms with Gasteiger partial charge in [-0.1, -0.05) is 32.0 Å². The molecule has 0 saturated heterocycles. The Kier molecular flexibility index (Phi) is 3.94. The molecule has 0 spiro atoms. The summed E-state index contributed by atoms with van der Waals surface area (Å²) in [5.74, 6) is 0.0300. The summed E-state index contributed by atoms with van der Waals surface area (Å²) in [6.45, 7) is 3.84. The lowest BCUT2D eigenvalue weighted by molar-refractivity contribution is -0.125. The van der Waals surface area contributed by atoms with E-state index in [1.807, 2.05) is 19.9 Å². The van der Waals surface area contributed by atoms with Gasteiger partial charge in [-0.3, -0.25) is 4.79 Å². The van der Waals surface area contributed by atoms with Crippen LogP contribution in [0, 0.1) is 5.92 Å². The molecule has 0 bridgehead atoms. The molecule has 0 unspecified atom stereocenters. The van der Waals surface area contributed by atoms with E-state index < -0.39 is 9.84 Å². The maximum atomic E-state index is 12.0. The Hall–Kier alpha value is -1.36. The predicted molar refractivity (Wildman–Crippen MR) is 73.5 cm³/mol.